The predicted octanol–water partition coefficient (Wildman–Crippen LogP) is 6.96. The topological polar surface area (TPSA) is 86.8 Å². The van der Waals surface area contributed by atoms with Crippen molar-refractivity contribution in [2.24, 2.45) is 0 Å². The molecule has 1 N–H and O–H groups in total. The highest BCUT2D eigenvalue weighted by Crippen LogP contribution is 2.27. The molecule has 0 saturated carbocycles. The Labute approximate surface area is 276 Å². The molecule has 10 heteroatoms. The maximum Gasteiger partial charge on any atom is 0.264 e. The van der Waals surface area contributed by atoms with Crippen LogP contribution in [0.3, 0.4) is 0 Å². The van der Waals surface area contributed by atoms with Crippen LogP contribution >= 0.6 is 31.9 Å². The van der Waals surface area contributed by atoms with E-state index in [4.69, 9.17) is 0 Å². The van der Waals surface area contributed by atoms with Gasteiger partial charge < -0.3 is 10.2 Å². The standard InChI is InChI=1S/C34H35Br2N3O4S/c1-34(2,3)37-33(41)31(21-25-11-6-4-7-12-25)38(23-26-17-19-27(35)20-18-26)32(40)24-39(29-14-10-13-28(36)22-29)44(42,43)30-15-8-5-9-16-30/h4-20,22,31H,21,23-24H2,1-3H3,(H,37,41). The van der Waals surface area contributed by atoms with Gasteiger partial charge in [-0.3, -0.25) is 13.9 Å². The lowest BCUT2D eigenvalue weighted by atomic mass is 10.0. The van der Waals surface area contributed by atoms with Crippen molar-refractivity contribution < 1.29 is 18.0 Å². The molecule has 4 aromatic rings. The van der Waals surface area contributed by atoms with Gasteiger partial charge in [0.05, 0.1) is 10.6 Å². The first-order valence-electron chi connectivity index (χ1n) is 14.1. The van der Waals surface area contributed by atoms with Crippen molar-refractivity contribution in [1.82, 2.24) is 10.2 Å². The molecule has 4 aromatic carbocycles. The van der Waals surface area contributed by atoms with E-state index >= 15 is 0 Å². The molecule has 0 heterocycles. The molecular weight excluding hydrogens is 706 g/mol. The largest absolute Gasteiger partial charge is 0.350 e. The Morgan fingerprint density at radius 1 is 0.773 bits per heavy atom. The van der Waals surface area contributed by atoms with Gasteiger partial charge in [0, 0.05) is 27.4 Å². The van der Waals surface area contributed by atoms with E-state index in [1.807, 2.05) is 75.4 Å². The second-order valence-electron chi connectivity index (χ2n) is 11.4. The van der Waals surface area contributed by atoms with E-state index in [1.165, 1.54) is 17.0 Å². The maximum absolute atomic E-state index is 14.5. The highest BCUT2D eigenvalue weighted by atomic mass is 79.9. The van der Waals surface area contributed by atoms with E-state index in [1.54, 1.807) is 42.5 Å². The van der Waals surface area contributed by atoms with Gasteiger partial charge in [0.15, 0.2) is 0 Å². The Morgan fingerprint density at radius 2 is 1.39 bits per heavy atom. The van der Waals surface area contributed by atoms with Gasteiger partial charge in [-0.25, -0.2) is 8.42 Å². The molecule has 1 unspecified atom stereocenters. The van der Waals surface area contributed by atoms with E-state index in [0.29, 0.717) is 10.2 Å². The van der Waals surface area contributed by atoms with Crippen molar-refractivity contribution in [3.8, 4) is 0 Å². The summed E-state index contributed by atoms with van der Waals surface area (Å²) in [6.07, 6.45) is 0.243. The highest BCUT2D eigenvalue weighted by molar-refractivity contribution is 9.10. The lowest BCUT2D eigenvalue weighted by Gasteiger charge is -2.35. The SMILES string of the molecule is CC(C)(C)NC(=O)C(Cc1ccccc1)N(Cc1ccc(Br)cc1)C(=O)CN(c1cccc(Br)c1)S(=O)(=O)c1ccccc1. The minimum atomic E-state index is -4.15. The summed E-state index contributed by atoms with van der Waals surface area (Å²) in [6.45, 7) is 5.23. The number of sulfonamides is 1. The molecule has 0 aliphatic rings. The number of carbonyl (C=O) groups is 2. The first-order chi connectivity index (χ1) is 20.8. The van der Waals surface area contributed by atoms with Gasteiger partial charge in [-0.05, 0) is 74.4 Å². The monoisotopic (exact) mass is 739 g/mol. The molecule has 1 atom stereocenters. The molecule has 2 amide bonds. The Morgan fingerprint density at radius 3 is 1.98 bits per heavy atom. The fourth-order valence-corrected chi connectivity index (χ4v) is 6.75. The Hall–Kier alpha value is -3.47. The molecule has 4 rings (SSSR count). The van der Waals surface area contributed by atoms with Crippen LogP contribution in [0, 0.1) is 0 Å². The van der Waals surface area contributed by atoms with Gasteiger partial charge in [0.25, 0.3) is 10.0 Å². The summed E-state index contributed by atoms with van der Waals surface area (Å²) < 4.78 is 30.7. The van der Waals surface area contributed by atoms with Crippen molar-refractivity contribution >= 4 is 59.4 Å². The molecular formula is C34H35Br2N3O4S. The third-order valence-electron chi connectivity index (χ3n) is 6.74. The Bertz CT molecular complexity index is 1680. The van der Waals surface area contributed by atoms with Crippen LogP contribution in [0.5, 0.6) is 0 Å². The first kappa shape index (κ1) is 33.4. The number of carbonyl (C=O) groups excluding carboxylic acids is 2. The lowest BCUT2D eigenvalue weighted by Crippen LogP contribution is -2.56. The number of anilines is 1. The third kappa shape index (κ3) is 9.03. The molecule has 230 valence electrons. The Balaban J connectivity index is 1.81. The fraction of sp³-hybridized carbons (Fsp3) is 0.235. The van der Waals surface area contributed by atoms with E-state index in [-0.39, 0.29) is 23.8 Å². The summed E-state index contributed by atoms with van der Waals surface area (Å²) >= 11 is 6.89. The van der Waals surface area contributed by atoms with Crippen molar-refractivity contribution in [2.45, 2.75) is 50.2 Å². The van der Waals surface area contributed by atoms with E-state index in [2.05, 4.69) is 37.2 Å². The molecule has 0 spiro atoms. The maximum atomic E-state index is 14.5. The first-order valence-corrected chi connectivity index (χ1v) is 17.1. The van der Waals surface area contributed by atoms with Gasteiger partial charge in [0.2, 0.25) is 11.8 Å². The average Bonchev–Trinajstić information content (AvgIpc) is 2.98. The summed E-state index contributed by atoms with van der Waals surface area (Å²) in [6, 6.07) is 30.8. The van der Waals surface area contributed by atoms with E-state index in [9.17, 15) is 18.0 Å². The van der Waals surface area contributed by atoms with Crippen LogP contribution in [-0.4, -0.2) is 43.3 Å². The number of rotatable bonds is 11. The quantitative estimate of drug-likeness (QED) is 0.180. The van der Waals surface area contributed by atoms with E-state index < -0.39 is 34.1 Å². The summed E-state index contributed by atoms with van der Waals surface area (Å²) in [5, 5.41) is 3.04. The molecule has 0 aliphatic carbocycles. The third-order valence-corrected chi connectivity index (χ3v) is 9.55. The minimum absolute atomic E-state index is 0.0542. The molecule has 0 saturated heterocycles. The van der Waals surface area contributed by atoms with Gasteiger partial charge in [-0.15, -0.1) is 0 Å². The second kappa shape index (κ2) is 14.5. The number of hydrogen-bond acceptors (Lipinski definition) is 4. The summed E-state index contributed by atoms with van der Waals surface area (Å²) in [7, 11) is -4.15. The zero-order chi connectivity index (χ0) is 31.9. The van der Waals surface area contributed by atoms with Crippen LogP contribution in [0.15, 0.2) is 123 Å². The molecule has 0 radical (unpaired) electrons. The zero-order valence-electron chi connectivity index (χ0n) is 24.8. The number of benzene rings is 4. The molecule has 0 aromatic heterocycles. The number of hydrogen-bond donors (Lipinski definition) is 1. The molecule has 0 aliphatic heterocycles. The smallest absolute Gasteiger partial charge is 0.264 e. The number of amides is 2. The van der Waals surface area contributed by atoms with Crippen LogP contribution in [0.4, 0.5) is 5.69 Å². The molecule has 0 bridgehead atoms. The van der Waals surface area contributed by atoms with Crippen molar-refractivity contribution in [1.29, 1.82) is 0 Å². The second-order valence-corrected chi connectivity index (χ2v) is 15.1. The number of halogens is 2. The van der Waals surface area contributed by atoms with Crippen molar-refractivity contribution in [3.63, 3.8) is 0 Å². The van der Waals surface area contributed by atoms with Crippen LogP contribution in [-0.2, 0) is 32.6 Å². The molecule has 7 nitrogen and oxygen atoms in total. The summed E-state index contributed by atoms with van der Waals surface area (Å²) in [5.41, 5.74) is 1.43. The van der Waals surface area contributed by atoms with Gasteiger partial charge in [-0.1, -0.05) is 98.6 Å². The zero-order valence-corrected chi connectivity index (χ0v) is 28.8. The summed E-state index contributed by atoms with van der Waals surface area (Å²) in [5.74, 6) is -0.843. The van der Waals surface area contributed by atoms with Crippen LogP contribution in [0.25, 0.3) is 0 Å². The van der Waals surface area contributed by atoms with Gasteiger partial charge >= 0.3 is 0 Å². The van der Waals surface area contributed by atoms with Crippen molar-refractivity contribution in [2.75, 3.05) is 10.8 Å². The minimum Gasteiger partial charge on any atom is -0.350 e. The van der Waals surface area contributed by atoms with Gasteiger partial charge in [0.1, 0.15) is 12.6 Å². The van der Waals surface area contributed by atoms with Crippen molar-refractivity contribution in [3.05, 3.63) is 129 Å². The van der Waals surface area contributed by atoms with Crippen LogP contribution in [0.1, 0.15) is 31.9 Å². The van der Waals surface area contributed by atoms with Gasteiger partial charge in [-0.2, -0.15) is 0 Å². The average molecular weight is 742 g/mol. The fourth-order valence-electron chi connectivity index (χ4n) is 4.67. The lowest BCUT2D eigenvalue weighted by molar-refractivity contribution is -0.140. The number of nitrogens with zero attached hydrogens (tertiary/aromatic N) is 2. The Kier molecular flexibility index (Phi) is 11.0. The summed E-state index contributed by atoms with van der Waals surface area (Å²) in [4.78, 5) is 29.9. The number of nitrogens with one attached hydrogen (secondary N) is 1. The van der Waals surface area contributed by atoms with E-state index in [0.717, 1.165) is 19.9 Å². The predicted molar refractivity (Wildman–Crippen MR) is 182 cm³/mol. The van der Waals surface area contributed by atoms with Crippen LogP contribution in [0.2, 0.25) is 0 Å². The molecule has 0 fully saturated rings. The highest BCUT2D eigenvalue weighted by Gasteiger charge is 2.35. The molecule has 44 heavy (non-hydrogen) atoms. The normalized spacial score (nSPS) is 12.3. The van der Waals surface area contributed by atoms with Crippen LogP contribution < -0.4 is 9.62 Å².